The Bertz CT molecular complexity index is 670. The number of hydrogen-bond acceptors (Lipinski definition) is 3. The SMILES string of the molecule is N#CC(C#N)=C(c1ccccc1)c1ccc(O)cc1. The van der Waals surface area contributed by atoms with Gasteiger partial charge in [-0.15, -0.1) is 0 Å². The van der Waals surface area contributed by atoms with Gasteiger partial charge in [0.2, 0.25) is 0 Å². The first-order valence-electron chi connectivity index (χ1n) is 5.65. The summed E-state index contributed by atoms with van der Waals surface area (Å²) in [5.41, 5.74) is 2.15. The zero-order valence-electron chi connectivity index (χ0n) is 10.0. The van der Waals surface area contributed by atoms with Crippen molar-refractivity contribution in [1.82, 2.24) is 0 Å². The molecule has 0 aliphatic rings. The summed E-state index contributed by atoms with van der Waals surface area (Å²) in [6.45, 7) is 0. The summed E-state index contributed by atoms with van der Waals surface area (Å²) in [6.07, 6.45) is 0. The molecule has 0 unspecified atom stereocenters. The highest BCUT2D eigenvalue weighted by atomic mass is 16.3. The van der Waals surface area contributed by atoms with Gasteiger partial charge in [-0.2, -0.15) is 10.5 Å². The molecule has 0 aliphatic heterocycles. The maximum absolute atomic E-state index is 9.32. The normalized spacial score (nSPS) is 9.16. The van der Waals surface area contributed by atoms with Crippen LogP contribution in [-0.4, -0.2) is 5.11 Å². The maximum Gasteiger partial charge on any atom is 0.138 e. The van der Waals surface area contributed by atoms with Crippen LogP contribution in [0.1, 0.15) is 11.1 Å². The summed E-state index contributed by atoms with van der Waals surface area (Å²) in [5, 5.41) is 27.5. The topological polar surface area (TPSA) is 67.8 Å². The summed E-state index contributed by atoms with van der Waals surface area (Å²) in [7, 11) is 0. The van der Waals surface area contributed by atoms with Gasteiger partial charge in [0.25, 0.3) is 0 Å². The van der Waals surface area contributed by atoms with E-state index in [0.717, 1.165) is 11.1 Å². The van der Waals surface area contributed by atoms with Crippen LogP contribution in [0, 0.1) is 22.7 Å². The molecule has 0 bridgehead atoms. The highest BCUT2D eigenvalue weighted by Gasteiger charge is 2.11. The van der Waals surface area contributed by atoms with Crippen molar-refractivity contribution in [1.29, 1.82) is 10.5 Å². The fourth-order valence-corrected chi connectivity index (χ4v) is 1.83. The van der Waals surface area contributed by atoms with Gasteiger partial charge >= 0.3 is 0 Å². The van der Waals surface area contributed by atoms with Gasteiger partial charge in [0.1, 0.15) is 23.5 Å². The van der Waals surface area contributed by atoms with Crippen molar-refractivity contribution < 1.29 is 5.11 Å². The van der Waals surface area contributed by atoms with E-state index in [2.05, 4.69) is 0 Å². The van der Waals surface area contributed by atoms with Crippen LogP contribution in [0.4, 0.5) is 0 Å². The lowest BCUT2D eigenvalue weighted by Crippen LogP contribution is -1.92. The van der Waals surface area contributed by atoms with E-state index in [4.69, 9.17) is 10.5 Å². The van der Waals surface area contributed by atoms with Crippen LogP contribution in [0.15, 0.2) is 60.2 Å². The van der Waals surface area contributed by atoms with E-state index in [1.165, 1.54) is 12.1 Å². The van der Waals surface area contributed by atoms with Crippen molar-refractivity contribution >= 4 is 5.57 Å². The summed E-state index contributed by atoms with van der Waals surface area (Å²) >= 11 is 0. The summed E-state index contributed by atoms with van der Waals surface area (Å²) in [6, 6.07) is 19.5. The summed E-state index contributed by atoms with van der Waals surface area (Å²) in [4.78, 5) is 0. The molecule has 3 heteroatoms. The Hall–Kier alpha value is -3.04. The Morgan fingerprint density at radius 3 is 1.84 bits per heavy atom. The third-order valence-corrected chi connectivity index (χ3v) is 2.69. The first-order valence-corrected chi connectivity index (χ1v) is 5.65. The Kier molecular flexibility index (Phi) is 3.61. The minimum atomic E-state index is 0.0527. The van der Waals surface area contributed by atoms with Crippen LogP contribution in [0.2, 0.25) is 0 Å². The molecule has 1 N–H and O–H groups in total. The van der Waals surface area contributed by atoms with Crippen LogP contribution in [0.3, 0.4) is 0 Å². The molecule has 0 amide bonds. The second kappa shape index (κ2) is 5.53. The number of hydrogen-bond donors (Lipinski definition) is 1. The van der Waals surface area contributed by atoms with Crippen molar-refractivity contribution in [2.24, 2.45) is 0 Å². The third-order valence-electron chi connectivity index (χ3n) is 2.69. The van der Waals surface area contributed by atoms with E-state index < -0.39 is 0 Å². The number of nitrogens with zero attached hydrogens (tertiary/aromatic N) is 2. The molecule has 2 aromatic carbocycles. The molecule has 0 atom stereocenters. The van der Waals surface area contributed by atoms with Crippen molar-refractivity contribution in [2.45, 2.75) is 0 Å². The Morgan fingerprint density at radius 1 is 0.789 bits per heavy atom. The van der Waals surface area contributed by atoms with Crippen molar-refractivity contribution in [3.05, 3.63) is 71.3 Å². The molecule has 90 valence electrons. The predicted octanol–water partition coefficient (Wildman–Crippen LogP) is 3.24. The van der Waals surface area contributed by atoms with Crippen molar-refractivity contribution in [2.75, 3.05) is 0 Å². The quantitative estimate of drug-likeness (QED) is 0.827. The van der Waals surface area contributed by atoms with Crippen LogP contribution < -0.4 is 0 Å². The van der Waals surface area contributed by atoms with Gasteiger partial charge < -0.3 is 5.11 Å². The fraction of sp³-hybridized carbons (Fsp3) is 0. The van der Waals surface area contributed by atoms with E-state index in [9.17, 15) is 5.11 Å². The molecule has 0 saturated carbocycles. The lowest BCUT2D eigenvalue weighted by atomic mass is 9.94. The highest BCUT2D eigenvalue weighted by Crippen LogP contribution is 2.27. The Labute approximate surface area is 111 Å². The van der Waals surface area contributed by atoms with Gasteiger partial charge in [0, 0.05) is 5.57 Å². The zero-order chi connectivity index (χ0) is 13.7. The van der Waals surface area contributed by atoms with Crippen LogP contribution >= 0.6 is 0 Å². The molecule has 0 spiro atoms. The van der Waals surface area contributed by atoms with Gasteiger partial charge in [-0.25, -0.2) is 0 Å². The van der Waals surface area contributed by atoms with Crippen molar-refractivity contribution in [3.8, 4) is 17.9 Å². The molecule has 2 rings (SSSR count). The fourth-order valence-electron chi connectivity index (χ4n) is 1.83. The lowest BCUT2D eigenvalue weighted by molar-refractivity contribution is 0.475. The van der Waals surface area contributed by atoms with Crippen LogP contribution in [0.25, 0.3) is 5.57 Å². The largest absolute Gasteiger partial charge is 0.508 e. The van der Waals surface area contributed by atoms with Gasteiger partial charge in [-0.3, -0.25) is 0 Å². The average Bonchev–Trinajstić information content (AvgIpc) is 2.47. The number of phenols is 1. The van der Waals surface area contributed by atoms with Gasteiger partial charge in [0.15, 0.2) is 0 Å². The minimum Gasteiger partial charge on any atom is -0.508 e. The monoisotopic (exact) mass is 246 g/mol. The highest BCUT2D eigenvalue weighted by molar-refractivity contribution is 5.86. The maximum atomic E-state index is 9.32. The van der Waals surface area contributed by atoms with E-state index in [1.54, 1.807) is 12.1 Å². The number of allylic oxidation sites excluding steroid dienone is 1. The summed E-state index contributed by atoms with van der Waals surface area (Å²) in [5.74, 6) is 0.145. The Balaban J connectivity index is 2.68. The predicted molar refractivity (Wildman–Crippen MR) is 71.8 cm³/mol. The van der Waals surface area contributed by atoms with Gasteiger partial charge in [0.05, 0.1) is 0 Å². The first kappa shape index (κ1) is 12.4. The molecule has 0 radical (unpaired) electrons. The molecule has 0 aromatic heterocycles. The van der Waals surface area contributed by atoms with E-state index >= 15 is 0 Å². The van der Waals surface area contributed by atoms with Crippen LogP contribution in [-0.2, 0) is 0 Å². The smallest absolute Gasteiger partial charge is 0.138 e. The van der Waals surface area contributed by atoms with E-state index in [-0.39, 0.29) is 11.3 Å². The van der Waals surface area contributed by atoms with Gasteiger partial charge in [-0.05, 0) is 23.3 Å². The second-order valence-electron chi connectivity index (χ2n) is 3.89. The van der Waals surface area contributed by atoms with Crippen LogP contribution in [0.5, 0.6) is 5.75 Å². The molecule has 0 heterocycles. The number of benzene rings is 2. The molecule has 0 fully saturated rings. The standard InChI is InChI=1S/C16H10N2O/c17-10-14(11-18)16(12-4-2-1-3-5-12)13-6-8-15(19)9-7-13/h1-9,19H. The van der Waals surface area contributed by atoms with E-state index in [0.29, 0.717) is 5.57 Å². The number of nitriles is 2. The average molecular weight is 246 g/mol. The molecule has 0 saturated heterocycles. The zero-order valence-corrected chi connectivity index (χ0v) is 10.0. The molecule has 0 aliphatic carbocycles. The lowest BCUT2D eigenvalue weighted by Gasteiger charge is -2.08. The second-order valence-corrected chi connectivity index (χ2v) is 3.89. The third kappa shape index (κ3) is 2.62. The van der Waals surface area contributed by atoms with Crippen molar-refractivity contribution in [3.63, 3.8) is 0 Å². The number of phenolic OH excluding ortho intramolecular Hbond substituents is 1. The minimum absolute atomic E-state index is 0.0527. The first-order chi connectivity index (χ1) is 9.26. The van der Waals surface area contributed by atoms with Gasteiger partial charge in [-0.1, -0.05) is 42.5 Å². The Morgan fingerprint density at radius 2 is 1.32 bits per heavy atom. The van der Waals surface area contributed by atoms with E-state index in [1.807, 2.05) is 42.5 Å². The molecule has 19 heavy (non-hydrogen) atoms. The molecule has 3 nitrogen and oxygen atoms in total. The molecular weight excluding hydrogens is 236 g/mol. The number of rotatable bonds is 2. The number of aromatic hydroxyl groups is 1. The molecular formula is C16H10N2O. The summed E-state index contributed by atoms with van der Waals surface area (Å²) < 4.78 is 0. The molecule has 2 aromatic rings.